The number of nitrogens with one attached hydrogen (secondary N) is 1. The summed E-state index contributed by atoms with van der Waals surface area (Å²) in [5.74, 6) is -2.53. The number of halogens is 3. The van der Waals surface area contributed by atoms with Gasteiger partial charge in [0.1, 0.15) is 0 Å². The van der Waals surface area contributed by atoms with Crippen molar-refractivity contribution < 1.29 is 18.7 Å². The van der Waals surface area contributed by atoms with Crippen LogP contribution < -0.4 is 0 Å². The Bertz CT molecular complexity index is 1310. The molecule has 2 aromatic carbocycles. The van der Waals surface area contributed by atoms with Crippen LogP contribution in [0.2, 0.25) is 5.02 Å². The molecule has 31 heavy (non-hydrogen) atoms. The molecule has 0 saturated heterocycles. The van der Waals surface area contributed by atoms with Gasteiger partial charge in [-0.05, 0) is 37.1 Å². The molecule has 2 aromatic heterocycles. The number of aromatic nitrogens is 3. The molecule has 0 aliphatic heterocycles. The Balaban J connectivity index is 0.00000231. The summed E-state index contributed by atoms with van der Waals surface area (Å²) in [5.41, 5.74) is 1.39. The maximum atomic E-state index is 15.2. The van der Waals surface area contributed by atoms with Gasteiger partial charge in [-0.2, -0.15) is 5.10 Å². The van der Waals surface area contributed by atoms with Crippen molar-refractivity contribution in [1.82, 2.24) is 14.8 Å². The summed E-state index contributed by atoms with van der Waals surface area (Å²) in [6.07, 6.45) is 5.10. The van der Waals surface area contributed by atoms with Crippen molar-refractivity contribution in [2.24, 2.45) is 0 Å². The predicted octanol–water partition coefficient (Wildman–Crippen LogP) is 5.36. The first-order valence-corrected chi connectivity index (χ1v) is 10.4. The van der Waals surface area contributed by atoms with Crippen LogP contribution in [0, 0.1) is 11.6 Å². The molecule has 1 fully saturated rings. The predicted molar refractivity (Wildman–Crippen MR) is 117 cm³/mol. The van der Waals surface area contributed by atoms with E-state index in [1.54, 1.807) is 23.0 Å². The van der Waals surface area contributed by atoms with Crippen LogP contribution in [-0.2, 0) is 0 Å². The van der Waals surface area contributed by atoms with Gasteiger partial charge in [0, 0.05) is 33.0 Å². The molecule has 0 spiro atoms. The number of aromatic carboxylic acids is 1. The maximum absolute atomic E-state index is 15.2. The summed E-state index contributed by atoms with van der Waals surface area (Å²) in [7, 11) is 0. The van der Waals surface area contributed by atoms with Crippen LogP contribution in [0.3, 0.4) is 0 Å². The first kappa shape index (κ1) is 22.4. The molecule has 10 heteroatoms. The molecule has 1 saturated carbocycles. The van der Waals surface area contributed by atoms with E-state index < -0.39 is 23.2 Å². The van der Waals surface area contributed by atoms with E-state index in [9.17, 15) is 14.3 Å². The first-order chi connectivity index (χ1) is 14.5. The van der Waals surface area contributed by atoms with Crippen LogP contribution in [0.25, 0.3) is 16.6 Å². The van der Waals surface area contributed by atoms with Crippen molar-refractivity contribution >= 4 is 69.8 Å². The SMILES string of the molecule is O=C(O)c1cccc(Sc2c(C3CC3)n(-c3cn[nH]c3)c3c(F)c(Cl)ccc23)c1F.[NaH]. The molecule has 2 heterocycles. The number of benzene rings is 2. The number of hydrogen-bond donors (Lipinski definition) is 2. The molecule has 0 unspecified atom stereocenters. The average molecular weight is 470 g/mol. The Kier molecular flexibility index (Phi) is 6.20. The van der Waals surface area contributed by atoms with Crippen LogP contribution in [0.1, 0.15) is 34.8 Å². The molecule has 0 radical (unpaired) electrons. The van der Waals surface area contributed by atoms with Crippen molar-refractivity contribution in [2.75, 3.05) is 0 Å². The van der Waals surface area contributed by atoms with E-state index in [0.717, 1.165) is 30.3 Å². The van der Waals surface area contributed by atoms with Gasteiger partial charge < -0.3 is 9.67 Å². The van der Waals surface area contributed by atoms with Crippen molar-refractivity contribution in [3.05, 3.63) is 70.6 Å². The van der Waals surface area contributed by atoms with Gasteiger partial charge in [0.05, 0.1) is 28.0 Å². The summed E-state index contributed by atoms with van der Waals surface area (Å²) in [5, 5.41) is 16.6. The van der Waals surface area contributed by atoms with Gasteiger partial charge in [-0.25, -0.2) is 13.6 Å². The molecule has 1 aliphatic rings. The third kappa shape index (κ3) is 3.81. The van der Waals surface area contributed by atoms with Gasteiger partial charge in [0.15, 0.2) is 11.6 Å². The summed E-state index contributed by atoms with van der Waals surface area (Å²) in [4.78, 5) is 12.2. The Morgan fingerprint density at radius 3 is 2.65 bits per heavy atom. The van der Waals surface area contributed by atoms with Crippen LogP contribution in [-0.4, -0.2) is 55.4 Å². The molecule has 0 bridgehead atoms. The second-order valence-corrected chi connectivity index (χ2v) is 8.52. The Labute approximate surface area is 207 Å². The molecular weight excluding hydrogens is 455 g/mol. The Morgan fingerprint density at radius 1 is 1.23 bits per heavy atom. The van der Waals surface area contributed by atoms with E-state index in [2.05, 4.69) is 10.2 Å². The van der Waals surface area contributed by atoms with Gasteiger partial charge in [-0.15, -0.1) is 0 Å². The zero-order valence-electron chi connectivity index (χ0n) is 15.3. The molecule has 154 valence electrons. The number of aromatic amines is 1. The molecule has 1 aliphatic carbocycles. The standard InChI is InChI=1S/C21H14ClF2N3O2S.Na.H/c22-14-7-6-13-19(17(14)24)27(11-8-25-26-9-11)18(10-4-5-10)20(13)30-15-3-1-2-12(16(15)23)21(28)29;;/h1-3,6-10H,4-5H2,(H,25,26)(H,28,29);;. The number of carboxylic acids is 1. The molecule has 0 atom stereocenters. The van der Waals surface area contributed by atoms with Crippen LogP contribution in [0.5, 0.6) is 0 Å². The fraction of sp³-hybridized carbons (Fsp3) is 0.143. The third-order valence-corrected chi connectivity index (χ3v) is 6.58. The molecule has 0 amide bonds. The van der Waals surface area contributed by atoms with Gasteiger partial charge in [0.2, 0.25) is 0 Å². The minimum absolute atomic E-state index is 0. The monoisotopic (exact) mass is 469 g/mol. The van der Waals surface area contributed by atoms with E-state index in [0.29, 0.717) is 21.5 Å². The molecule has 5 nitrogen and oxygen atoms in total. The second kappa shape index (κ2) is 8.60. The second-order valence-electron chi connectivity index (χ2n) is 7.06. The van der Waals surface area contributed by atoms with Crippen molar-refractivity contribution in [3.63, 3.8) is 0 Å². The molecule has 5 rings (SSSR count). The van der Waals surface area contributed by atoms with Crippen LogP contribution in [0.15, 0.2) is 52.5 Å². The first-order valence-electron chi connectivity index (χ1n) is 9.18. The van der Waals surface area contributed by atoms with Gasteiger partial charge in [0.25, 0.3) is 0 Å². The van der Waals surface area contributed by atoms with E-state index in [-0.39, 0.29) is 45.4 Å². The van der Waals surface area contributed by atoms with E-state index in [1.807, 2.05) is 0 Å². The summed E-state index contributed by atoms with van der Waals surface area (Å²) in [6.45, 7) is 0. The number of carbonyl (C=O) groups is 1. The number of H-pyrrole nitrogens is 1. The van der Waals surface area contributed by atoms with E-state index >= 15 is 4.39 Å². The summed E-state index contributed by atoms with van der Waals surface area (Å²) in [6, 6.07) is 7.43. The number of fused-ring (bicyclic) bond motifs is 1. The number of hydrogen-bond acceptors (Lipinski definition) is 3. The van der Waals surface area contributed by atoms with Gasteiger partial charge >= 0.3 is 35.5 Å². The quantitative estimate of drug-likeness (QED) is 0.386. The van der Waals surface area contributed by atoms with Crippen LogP contribution >= 0.6 is 23.4 Å². The average Bonchev–Trinajstić information content (AvgIpc) is 3.30. The van der Waals surface area contributed by atoms with E-state index in [4.69, 9.17) is 11.6 Å². The van der Waals surface area contributed by atoms with Crippen molar-refractivity contribution in [2.45, 2.75) is 28.6 Å². The number of nitrogens with zero attached hydrogens (tertiary/aromatic N) is 2. The normalized spacial score (nSPS) is 13.4. The van der Waals surface area contributed by atoms with Gasteiger partial charge in [-0.3, -0.25) is 5.10 Å². The van der Waals surface area contributed by atoms with E-state index in [1.165, 1.54) is 24.3 Å². The fourth-order valence-electron chi connectivity index (χ4n) is 3.63. The topological polar surface area (TPSA) is 70.9 Å². The number of rotatable bonds is 5. The number of carboxylic acid groups (broad SMARTS) is 1. The molecule has 4 aromatic rings. The third-order valence-electron chi connectivity index (χ3n) is 5.12. The van der Waals surface area contributed by atoms with Crippen LogP contribution in [0.4, 0.5) is 8.78 Å². The fourth-order valence-corrected chi connectivity index (χ4v) is 4.99. The zero-order valence-corrected chi connectivity index (χ0v) is 16.9. The minimum atomic E-state index is -1.34. The van der Waals surface area contributed by atoms with Crippen molar-refractivity contribution in [3.8, 4) is 5.69 Å². The molecule has 2 N–H and O–H groups in total. The zero-order chi connectivity index (χ0) is 21.0. The molecular formula is C21H15ClF2N3NaO2S. The summed E-state index contributed by atoms with van der Waals surface area (Å²) < 4.78 is 31.8. The Morgan fingerprint density at radius 2 is 2.00 bits per heavy atom. The van der Waals surface area contributed by atoms with Crippen molar-refractivity contribution in [1.29, 1.82) is 0 Å². The Hall–Kier alpha value is -1.84. The van der Waals surface area contributed by atoms with Gasteiger partial charge in [-0.1, -0.05) is 29.4 Å². The summed E-state index contributed by atoms with van der Waals surface area (Å²) >= 11 is 7.18.